The Morgan fingerprint density at radius 3 is 2.57 bits per heavy atom. The van der Waals surface area contributed by atoms with Gasteiger partial charge in [-0.05, 0) is 18.6 Å². The predicted octanol–water partition coefficient (Wildman–Crippen LogP) is 1.01. The molecular formula is C13H17NO6S. The van der Waals surface area contributed by atoms with E-state index in [1.54, 1.807) is 0 Å². The second-order valence-electron chi connectivity index (χ2n) is 4.05. The molecule has 0 saturated heterocycles. The highest BCUT2D eigenvalue weighted by atomic mass is 32.2. The number of rotatable bonds is 8. The first-order valence-corrected chi connectivity index (χ1v) is 7.42. The largest absolute Gasteiger partial charge is 0.497 e. The van der Waals surface area contributed by atoms with Gasteiger partial charge in [-0.3, -0.25) is 4.79 Å². The van der Waals surface area contributed by atoms with Crippen LogP contribution in [0.1, 0.15) is 6.42 Å². The highest BCUT2D eigenvalue weighted by molar-refractivity contribution is 7.89. The summed E-state index contributed by atoms with van der Waals surface area (Å²) in [5, 5.41) is 9.00. The summed E-state index contributed by atoms with van der Waals surface area (Å²) in [4.78, 5) is 10.9. The molecule has 2 N–H and O–H groups in total. The Morgan fingerprint density at radius 2 is 2.10 bits per heavy atom. The van der Waals surface area contributed by atoms with E-state index in [4.69, 9.17) is 14.6 Å². The molecule has 0 aromatic heterocycles. The van der Waals surface area contributed by atoms with E-state index < -0.39 is 22.0 Å². The Morgan fingerprint density at radius 1 is 1.43 bits per heavy atom. The van der Waals surface area contributed by atoms with Crippen molar-refractivity contribution in [1.29, 1.82) is 0 Å². The van der Waals surface area contributed by atoms with Crippen LogP contribution >= 0.6 is 0 Å². The van der Waals surface area contributed by atoms with Crippen LogP contribution in [0.25, 0.3) is 0 Å². The lowest BCUT2D eigenvalue weighted by Crippen LogP contribution is -2.40. The maximum absolute atomic E-state index is 12.3. The van der Waals surface area contributed by atoms with Gasteiger partial charge < -0.3 is 14.6 Å². The third-order valence-electron chi connectivity index (χ3n) is 2.66. The van der Waals surface area contributed by atoms with Crippen LogP contribution < -0.4 is 14.2 Å². The number of ether oxygens (including phenoxy) is 2. The van der Waals surface area contributed by atoms with Gasteiger partial charge in [0.15, 0.2) is 0 Å². The van der Waals surface area contributed by atoms with Gasteiger partial charge in [-0.2, -0.15) is 4.72 Å². The second kappa shape index (κ2) is 7.09. The molecule has 1 aromatic rings. The van der Waals surface area contributed by atoms with Crippen molar-refractivity contribution in [3.05, 3.63) is 30.9 Å². The smallest absolute Gasteiger partial charge is 0.322 e. The number of sulfonamides is 1. The lowest BCUT2D eigenvalue weighted by molar-refractivity contribution is -0.138. The van der Waals surface area contributed by atoms with Crippen molar-refractivity contribution in [2.45, 2.75) is 17.4 Å². The first kappa shape index (κ1) is 17.0. The number of hydrogen-bond acceptors (Lipinski definition) is 5. The third-order valence-corrected chi connectivity index (χ3v) is 4.17. The first-order chi connectivity index (χ1) is 9.85. The zero-order valence-corrected chi connectivity index (χ0v) is 12.5. The molecule has 0 saturated carbocycles. The minimum atomic E-state index is -4.05. The molecule has 7 nitrogen and oxygen atoms in total. The highest BCUT2D eigenvalue weighted by Gasteiger charge is 2.27. The Labute approximate surface area is 123 Å². The van der Waals surface area contributed by atoms with Crippen molar-refractivity contribution in [1.82, 2.24) is 4.72 Å². The van der Waals surface area contributed by atoms with Crippen LogP contribution in [0.2, 0.25) is 0 Å². The molecule has 1 rings (SSSR count). The molecule has 0 fully saturated rings. The van der Waals surface area contributed by atoms with Gasteiger partial charge in [-0.15, -0.1) is 6.58 Å². The fraction of sp³-hybridized carbons (Fsp3) is 0.308. The van der Waals surface area contributed by atoms with Crippen LogP contribution in [0.3, 0.4) is 0 Å². The maximum atomic E-state index is 12.3. The molecule has 0 radical (unpaired) electrons. The van der Waals surface area contributed by atoms with Crippen LogP contribution in [-0.2, 0) is 14.8 Å². The number of hydrogen-bond donors (Lipinski definition) is 2. The number of carboxylic acids is 1. The Bertz CT molecular complexity index is 626. The standard InChI is InChI=1S/C13H17NO6S/c1-4-5-10(13(15)16)14-21(17,18)12-7-6-9(19-2)8-11(12)20-3/h4,6-8,10,14H,1,5H2,2-3H3,(H,15,16). The molecule has 0 amide bonds. The van der Waals surface area contributed by atoms with Gasteiger partial charge in [0.25, 0.3) is 0 Å². The van der Waals surface area contributed by atoms with Crippen molar-refractivity contribution in [2.75, 3.05) is 14.2 Å². The van der Waals surface area contributed by atoms with Crippen molar-refractivity contribution in [2.24, 2.45) is 0 Å². The molecule has 21 heavy (non-hydrogen) atoms. The molecule has 0 spiro atoms. The Balaban J connectivity index is 3.18. The SMILES string of the molecule is C=CCC(NS(=O)(=O)c1ccc(OC)cc1OC)C(=O)O. The van der Waals surface area contributed by atoms with E-state index in [1.165, 1.54) is 38.5 Å². The lowest BCUT2D eigenvalue weighted by atomic mass is 10.2. The molecule has 1 aromatic carbocycles. The minimum absolute atomic E-state index is 0.0347. The second-order valence-corrected chi connectivity index (χ2v) is 5.74. The number of methoxy groups -OCH3 is 2. The van der Waals surface area contributed by atoms with Gasteiger partial charge in [0.2, 0.25) is 10.0 Å². The predicted molar refractivity (Wildman–Crippen MR) is 76.1 cm³/mol. The van der Waals surface area contributed by atoms with Gasteiger partial charge in [-0.25, -0.2) is 8.42 Å². The van der Waals surface area contributed by atoms with E-state index in [2.05, 4.69) is 11.3 Å². The molecule has 0 aliphatic carbocycles. The number of aliphatic carboxylic acids is 1. The van der Waals surface area contributed by atoms with Crippen LogP contribution in [0, 0.1) is 0 Å². The first-order valence-electron chi connectivity index (χ1n) is 5.93. The molecule has 8 heteroatoms. The fourth-order valence-corrected chi connectivity index (χ4v) is 2.97. The molecular weight excluding hydrogens is 298 g/mol. The third kappa shape index (κ3) is 4.20. The quantitative estimate of drug-likeness (QED) is 0.694. The van der Waals surface area contributed by atoms with Gasteiger partial charge in [0.05, 0.1) is 14.2 Å². The summed E-state index contributed by atoms with van der Waals surface area (Å²) >= 11 is 0. The van der Waals surface area contributed by atoms with E-state index in [0.29, 0.717) is 5.75 Å². The summed E-state index contributed by atoms with van der Waals surface area (Å²) in [6, 6.07) is 2.84. The van der Waals surface area contributed by atoms with Crippen LogP contribution in [0.5, 0.6) is 11.5 Å². The van der Waals surface area contributed by atoms with Crippen molar-refractivity contribution in [3.63, 3.8) is 0 Å². The molecule has 0 aliphatic rings. The average molecular weight is 315 g/mol. The number of carbonyl (C=O) groups is 1. The Hall–Kier alpha value is -2.06. The summed E-state index contributed by atoms with van der Waals surface area (Å²) < 4.78 is 36.6. The number of benzene rings is 1. The van der Waals surface area contributed by atoms with Crippen molar-refractivity contribution >= 4 is 16.0 Å². The lowest BCUT2D eigenvalue weighted by Gasteiger charge is -2.15. The van der Waals surface area contributed by atoms with E-state index in [-0.39, 0.29) is 17.1 Å². The maximum Gasteiger partial charge on any atom is 0.322 e. The summed E-state index contributed by atoms with van der Waals surface area (Å²) in [5.74, 6) is -0.803. The molecule has 0 aliphatic heterocycles. The van der Waals surface area contributed by atoms with E-state index >= 15 is 0 Å². The average Bonchev–Trinajstić information content (AvgIpc) is 2.45. The molecule has 1 atom stereocenters. The summed E-state index contributed by atoms with van der Waals surface area (Å²) in [5.41, 5.74) is 0. The normalized spacial score (nSPS) is 12.5. The zero-order valence-electron chi connectivity index (χ0n) is 11.7. The van der Waals surface area contributed by atoms with Crippen LogP contribution in [0.4, 0.5) is 0 Å². The van der Waals surface area contributed by atoms with Gasteiger partial charge in [0, 0.05) is 6.07 Å². The highest BCUT2D eigenvalue weighted by Crippen LogP contribution is 2.28. The molecule has 1 unspecified atom stereocenters. The molecule has 0 bridgehead atoms. The fourth-order valence-electron chi connectivity index (χ4n) is 1.61. The van der Waals surface area contributed by atoms with Crippen molar-refractivity contribution < 1.29 is 27.8 Å². The molecule has 116 valence electrons. The number of nitrogens with one attached hydrogen (secondary N) is 1. The van der Waals surface area contributed by atoms with Crippen molar-refractivity contribution in [3.8, 4) is 11.5 Å². The van der Waals surface area contributed by atoms with E-state index in [0.717, 1.165) is 0 Å². The summed E-state index contributed by atoms with van der Waals surface area (Å²) in [7, 11) is -1.31. The van der Waals surface area contributed by atoms with Crippen LogP contribution in [0.15, 0.2) is 35.7 Å². The summed E-state index contributed by atoms with van der Waals surface area (Å²) in [6.45, 7) is 3.40. The molecule has 0 heterocycles. The zero-order chi connectivity index (χ0) is 16.0. The number of carboxylic acid groups (broad SMARTS) is 1. The Kier molecular flexibility index (Phi) is 5.74. The van der Waals surface area contributed by atoms with Gasteiger partial charge >= 0.3 is 5.97 Å². The monoisotopic (exact) mass is 315 g/mol. The van der Waals surface area contributed by atoms with E-state index in [9.17, 15) is 13.2 Å². The summed E-state index contributed by atoms with van der Waals surface area (Å²) in [6.07, 6.45) is 1.29. The minimum Gasteiger partial charge on any atom is -0.497 e. The van der Waals surface area contributed by atoms with E-state index in [1.807, 2.05) is 0 Å². The van der Waals surface area contributed by atoms with Crippen LogP contribution in [-0.4, -0.2) is 39.8 Å². The van der Waals surface area contributed by atoms with Gasteiger partial charge in [-0.1, -0.05) is 6.08 Å². The topological polar surface area (TPSA) is 102 Å². The van der Waals surface area contributed by atoms with Gasteiger partial charge in [0.1, 0.15) is 22.4 Å².